The number of aromatic nitrogens is 1. The van der Waals surface area contributed by atoms with Crippen molar-refractivity contribution >= 4 is 57.1 Å². The lowest BCUT2D eigenvalue weighted by atomic mass is 10.1. The minimum absolute atomic E-state index is 0.214. The van der Waals surface area contributed by atoms with Crippen LogP contribution in [0.4, 0.5) is 17.1 Å². The molecule has 9 heteroatoms. The first-order valence-corrected chi connectivity index (χ1v) is 12.7. The lowest BCUT2D eigenvalue weighted by molar-refractivity contribution is -0.111. The number of nitriles is 1. The van der Waals surface area contributed by atoms with Gasteiger partial charge in [-0.25, -0.2) is 0 Å². The second-order valence-corrected chi connectivity index (χ2v) is 8.76. The third-order valence-electron chi connectivity index (χ3n) is 5.44. The van der Waals surface area contributed by atoms with Crippen molar-refractivity contribution in [3.05, 3.63) is 95.2 Å². The van der Waals surface area contributed by atoms with Crippen molar-refractivity contribution in [3.8, 4) is 17.6 Å². The zero-order valence-corrected chi connectivity index (χ0v) is 22.0. The van der Waals surface area contributed by atoms with Gasteiger partial charge in [-0.2, -0.15) is 5.26 Å². The Morgan fingerprint density at radius 3 is 2.63 bits per heavy atom. The van der Waals surface area contributed by atoms with Gasteiger partial charge in [0, 0.05) is 35.3 Å². The molecular weight excluding hydrogens is 523 g/mol. The van der Waals surface area contributed by atoms with E-state index in [1.165, 1.54) is 18.3 Å². The average molecular weight is 547 g/mol. The van der Waals surface area contributed by atoms with Crippen LogP contribution < -0.4 is 20.1 Å². The molecule has 0 spiro atoms. The van der Waals surface area contributed by atoms with Crippen LogP contribution in [-0.4, -0.2) is 23.4 Å². The predicted octanol–water partition coefficient (Wildman–Crippen LogP) is 7.21. The van der Waals surface area contributed by atoms with Gasteiger partial charge in [0.1, 0.15) is 24.2 Å². The summed E-state index contributed by atoms with van der Waals surface area (Å²) in [5.74, 6) is 0.852. The Morgan fingerprint density at radius 1 is 1.11 bits per heavy atom. The average Bonchev–Trinajstić information content (AvgIpc) is 2.93. The molecule has 0 unspecified atom stereocenters. The van der Waals surface area contributed by atoms with E-state index in [4.69, 9.17) is 32.7 Å². The molecule has 1 aromatic heterocycles. The van der Waals surface area contributed by atoms with Crippen LogP contribution in [0.15, 0.2) is 79.0 Å². The standard InChI is InChI=1S/C29H24Cl2N4O3/c1-2-37-27-15-24-22(14-25(27)35-28(36)9-6-12-30)29(20(16-32)17-33-24)34-21-10-11-26(23(31)13-21)38-18-19-7-4-3-5-8-19/h3-11,13-15,17H,2,12,18H2,1H3,(H,33,34)(H,35,36). The van der Waals surface area contributed by atoms with E-state index in [2.05, 4.69) is 21.7 Å². The van der Waals surface area contributed by atoms with E-state index in [-0.39, 0.29) is 11.8 Å². The second kappa shape index (κ2) is 12.8. The number of hydrogen-bond acceptors (Lipinski definition) is 6. The summed E-state index contributed by atoms with van der Waals surface area (Å²) < 4.78 is 11.6. The molecule has 38 heavy (non-hydrogen) atoms. The summed E-state index contributed by atoms with van der Waals surface area (Å²) in [6, 6.07) is 20.7. The Hall–Kier alpha value is -4.25. The molecule has 0 bridgehead atoms. The lowest BCUT2D eigenvalue weighted by Crippen LogP contribution is -2.10. The molecular formula is C29H24Cl2N4O3. The molecule has 0 aliphatic rings. The van der Waals surface area contributed by atoms with E-state index in [1.807, 2.05) is 43.3 Å². The van der Waals surface area contributed by atoms with Gasteiger partial charge in [-0.3, -0.25) is 9.78 Å². The minimum atomic E-state index is -0.359. The van der Waals surface area contributed by atoms with Crippen LogP contribution in [0.5, 0.6) is 11.5 Å². The molecule has 4 aromatic rings. The number of nitrogens with one attached hydrogen (secondary N) is 2. The smallest absolute Gasteiger partial charge is 0.248 e. The fourth-order valence-corrected chi connectivity index (χ4v) is 4.04. The number of ether oxygens (including phenoxy) is 2. The van der Waals surface area contributed by atoms with Gasteiger partial charge in [-0.05, 0) is 36.8 Å². The van der Waals surface area contributed by atoms with Crippen LogP contribution in [-0.2, 0) is 11.4 Å². The molecule has 0 saturated heterocycles. The van der Waals surface area contributed by atoms with Crippen LogP contribution in [0.25, 0.3) is 10.9 Å². The summed E-state index contributed by atoms with van der Waals surface area (Å²) >= 11 is 12.2. The fourth-order valence-electron chi connectivity index (χ4n) is 3.71. The Balaban J connectivity index is 1.67. The van der Waals surface area contributed by atoms with Gasteiger partial charge in [0.05, 0.1) is 34.1 Å². The first-order chi connectivity index (χ1) is 18.5. The van der Waals surface area contributed by atoms with Crippen molar-refractivity contribution in [2.24, 2.45) is 0 Å². The van der Waals surface area contributed by atoms with Gasteiger partial charge in [0.25, 0.3) is 0 Å². The fraction of sp³-hybridized carbons (Fsp3) is 0.138. The molecule has 0 atom stereocenters. The molecule has 0 fully saturated rings. The number of allylic oxidation sites excluding steroid dienone is 1. The van der Waals surface area contributed by atoms with Crippen LogP contribution in [0.2, 0.25) is 5.02 Å². The number of alkyl halides is 1. The molecule has 7 nitrogen and oxygen atoms in total. The van der Waals surface area contributed by atoms with Gasteiger partial charge in [-0.15, -0.1) is 11.6 Å². The number of anilines is 3. The molecule has 0 saturated carbocycles. The van der Waals surface area contributed by atoms with Crippen molar-refractivity contribution in [1.82, 2.24) is 4.98 Å². The topological polar surface area (TPSA) is 96.3 Å². The molecule has 0 radical (unpaired) electrons. The molecule has 3 aromatic carbocycles. The highest BCUT2D eigenvalue weighted by Gasteiger charge is 2.16. The molecule has 1 heterocycles. The molecule has 4 rings (SSSR count). The maximum atomic E-state index is 12.4. The quantitative estimate of drug-likeness (QED) is 0.161. The van der Waals surface area contributed by atoms with E-state index < -0.39 is 0 Å². The van der Waals surface area contributed by atoms with Crippen LogP contribution in [0.3, 0.4) is 0 Å². The SMILES string of the molecule is CCOc1cc2ncc(C#N)c(Nc3ccc(OCc4ccccc4)c(Cl)c3)c2cc1NC(=O)C=CCCl. The number of nitrogens with zero attached hydrogens (tertiary/aromatic N) is 2. The summed E-state index contributed by atoms with van der Waals surface area (Å²) in [7, 11) is 0. The van der Waals surface area contributed by atoms with Crippen LogP contribution >= 0.6 is 23.2 Å². The number of pyridine rings is 1. The Morgan fingerprint density at radius 2 is 1.92 bits per heavy atom. The van der Waals surface area contributed by atoms with Crippen molar-refractivity contribution in [1.29, 1.82) is 5.26 Å². The number of carbonyl (C=O) groups is 1. The van der Waals surface area contributed by atoms with Gasteiger partial charge in [0.15, 0.2) is 0 Å². The molecule has 0 aliphatic carbocycles. The maximum absolute atomic E-state index is 12.4. The van der Waals surface area contributed by atoms with E-state index in [0.29, 0.717) is 63.3 Å². The third-order valence-corrected chi connectivity index (χ3v) is 5.92. The van der Waals surface area contributed by atoms with Crippen molar-refractivity contribution in [2.75, 3.05) is 23.1 Å². The van der Waals surface area contributed by atoms with E-state index in [0.717, 1.165) is 5.56 Å². The highest BCUT2D eigenvalue weighted by atomic mass is 35.5. The van der Waals surface area contributed by atoms with E-state index in [1.54, 1.807) is 24.3 Å². The number of rotatable bonds is 10. The first-order valence-electron chi connectivity index (χ1n) is 11.8. The van der Waals surface area contributed by atoms with Gasteiger partial charge in [-0.1, -0.05) is 48.0 Å². The second-order valence-electron chi connectivity index (χ2n) is 8.05. The number of benzene rings is 3. The van der Waals surface area contributed by atoms with Crippen molar-refractivity contribution in [3.63, 3.8) is 0 Å². The minimum Gasteiger partial charge on any atom is -0.492 e. The van der Waals surface area contributed by atoms with E-state index in [9.17, 15) is 10.1 Å². The number of halogens is 2. The number of carbonyl (C=O) groups excluding carboxylic acids is 1. The largest absolute Gasteiger partial charge is 0.492 e. The zero-order valence-electron chi connectivity index (χ0n) is 20.5. The summed E-state index contributed by atoms with van der Waals surface area (Å²) in [5.41, 5.74) is 3.53. The monoisotopic (exact) mass is 546 g/mol. The summed E-state index contributed by atoms with van der Waals surface area (Å²) in [4.78, 5) is 16.8. The number of amides is 1. The first kappa shape index (κ1) is 26.8. The van der Waals surface area contributed by atoms with Crippen LogP contribution in [0, 0.1) is 11.3 Å². The molecule has 1 amide bonds. The lowest BCUT2D eigenvalue weighted by Gasteiger charge is -2.16. The Labute approximate surface area is 230 Å². The maximum Gasteiger partial charge on any atom is 0.248 e. The third kappa shape index (κ3) is 6.54. The number of fused-ring (bicyclic) bond motifs is 1. The highest BCUT2D eigenvalue weighted by Crippen LogP contribution is 2.37. The van der Waals surface area contributed by atoms with Crippen LogP contribution in [0.1, 0.15) is 18.1 Å². The highest BCUT2D eigenvalue weighted by molar-refractivity contribution is 6.32. The van der Waals surface area contributed by atoms with Gasteiger partial charge >= 0.3 is 0 Å². The zero-order chi connectivity index (χ0) is 26.9. The molecule has 2 N–H and O–H groups in total. The van der Waals surface area contributed by atoms with Gasteiger partial charge < -0.3 is 20.1 Å². The van der Waals surface area contributed by atoms with Crippen molar-refractivity contribution < 1.29 is 14.3 Å². The predicted molar refractivity (Wildman–Crippen MR) is 152 cm³/mol. The summed E-state index contributed by atoms with van der Waals surface area (Å²) in [6.45, 7) is 2.63. The van der Waals surface area contributed by atoms with Crippen molar-refractivity contribution in [2.45, 2.75) is 13.5 Å². The summed E-state index contributed by atoms with van der Waals surface area (Å²) in [6.07, 6.45) is 4.37. The Kier molecular flexibility index (Phi) is 9.04. The summed E-state index contributed by atoms with van der Waals surface area (Å²) in [5, 5.41) is 16.9. The number of hydrogen-bond donors (Lipinski definition) is 2. The van der Waals surface area contributed by atoms with Gasteiger partial charge in [0.2, 0.25) is 5.91 Å². The van der Waals surface area contributed by atoms with E-state index >= 15 is 0 Å². The Bertz CT molecular complexity index is 1520. The normalized spacial score (nSPS) is 10.8. The molecule has 0 aliphatic heterocycles. The molecule has 192 valence electrons.